The molecule has 0 fully saturated rings. The third-order valence-electron chi connectivity index (χ3n) is 9.15. The van der Waals surface area contributed by atoms with E-state index in [2.05, 4.69) is 81.5 Å². The number of carbonyl (C=O) groups excluding carboxylic acids is 3. The molecule has 326 valence electrons. The minimum Gasteiger partial charge on any atom is -0.462 e. The van der Waals surface area contributed by atoms with E-state index in [1.165, 1.54) is 44.9 Å². The third kappa shape index (κ3) is 43.2. The Morgan fingerprint density at radius 1 is 0.379 bits per heavy atom. The van der Waals surface area contributed by atoms with Crippen LogP contribution in [0.1, 0.15) is 181 Å². The second-order valence-electron chi connectivity index (χ2n) is 14.7. The topological polar surface area (TPSA) is 78.9 Å². The predicted octanol–water partition coefficient (Wildman–Crippen LogP) is 14.8. The standard InChI is InChI=1S/C52H82O6/c1-4-7-10-13-16-19-21-23-25-27-28-30-33-36-39-42-45-51(54)57-48-49(47-56-50(53)44-41-38-35-32-18-15-12-9-6-3)58-52(55)46-43-40-37-34-31-29-26-24-22-20-17-14-11-8-5-2/h8-9,11-12,14,17-18,20,22,24-32,49H,4-7,10,13,15-16,19,21,23,33-48H2,1-3H3/b11-8-,12-9-,17-14-,22-20-,26-24-,27-25-,30-28-,31-29-,32-18-. The molecule has 58 heavy (non-hydrogen) atoms. The SMILES string of the molecule is CC\C=C/C=C\C=C/C=C\C=C/CCCCCC(=O)OC(COC(=O)CCCC/C=C\C/C=C\CC)COC(=O)CCCCC/C=C\C=C/CCCCCCCCC. The van der Waals surface area contributed by atoms with E-state index < -0.39 is 6.10 Å². The third-order valence-corrected chi connectivity index (χ3v) is 9.15. The fraction of sp³-hybridized carbons (Fsp3) is 0.596. The maximum Gasteiger partial charge on any atom is 0.306 e. The van der Waals surface area contributed by atoms with E-state index >= 15 is 0 Å². The molecule has 0 aromatic rings. The summed E-state index contributed by atoms with van der Waals surface area (Å²) >= 11 is 0. The van der Waals surface area contributed by atoms with E-state index in [9.17, 15) is 14.4 Å². The van der Waals surface area contributed by atoms with Gasteiger partial charge in [0, 0.05) is 19.3 Å². The van der Waals surface area contributed by atoms with E-state index in [0.717, 1.165) is 89.9 Å². The van der Waals surface area contributed by atoms with Crippen molar-refractivity contribution in [2.24, 2.45) is 0 Å². The largest absolute Gasteiger partial charge is 0.462 e. The Kier molecular flexibility index (Phi) is 42.7. The highest BCUT2D eigenvalue weighted by atomic mass is 16.6. The Balaban J connectivity index is 4.53. The maximum atomic E-state index is 12.7. The van der Waals surface area contributed by atoms with Gasteiger partial charge in [0.25, 0.3) is 0 Å². The van der Waals surface area contributed by atoms with E-state index in [1.807, 2.05) is 48.6 Å². The van der Waals surface area contributed by atoms with Gasteiger partial charge in [0.05, 0.1) is 0 Å². The molecule has 0 spiro atoms. The summed E-state index contributed by atoms with van der Waals surface area (Å²) in [6, 6.07) is 0. The number of ether oxygens (including phenoxy) is 3. The van der Waals surface area contributed by atoms with Crippen LogP contribution in [0.3, 0.4) is 0 Å². The molecule has 0 bridgehead atoms. The van der Waals surface area contributed by atoms with Crippen molar-refractivity contribution < 1.29 is 28.6 Å². The van der Waals surface area contributed by atoms with Crippen molar-refractivity contribution in [2.45, 2.75) is 187 Å². The van der Waals surface area contributed by atoms with Crippen LogP contribution in [0.2, 0.25) is 0 Å². The second kappa shape index (κ2) is 45.8. The first-order valence-electron chi connectivity index (χ1n) is 23.0. The lowest BCUT2D eigenvalue weighted by molar-refractivity contribution is -0.167. The lowest BCUT2D eigenvalue weighted by atomic mass is 10.1. The Bertz CT molecular complexity index is 1240. The number of carbonyl (C=O) groups is 3. The van der Waals surface area contributed by atoms with Crippen LogP contribution in [0.5, 0.6) is 0 Å². The Morgan fingerprint density at radius 2 is 0.759 bits per heavy atom. The van der Waals surface area contributed by atoms with Crippen molar-refractivity contribution in [1.82, 2.24) is 0 Å². The maximum absolute atomic E-state index is 12.7. The van der Waals surface area contributed by atoms with Gasteiger partial charge in [-0.3, -0.25) is 14.4 Å². The van der Waals surface area contributed by atoms with Crippen LogP contribution in [0, 0.1) is 0 Å². The highest BCUT2D eigenvalue weighted by Gasteiger charge is 2.19. The molecule has 6 nitrogen and oxygen atoms in total. The smallest absolute Gasteiger partial charge is 0.306 e. The molecule has 0 aliphatic heterocycles. The van der Waals surface area contributed by atoms with Gasteiger partial charge in [0.1, 0.15) is 13.2 Å². The minimum atomic E-state index is -0.824. The van der Waals surface area contributed by atoms with Gasteiger partial charge in [0.2, 0.25) is 0 Å². The molecular formula is C52H82O6. The van der Waals surface area contributed by atoms with Crippen molar-refractivity contribution in [3.8, 4) is 0 Å². The number of rotatable bonds is 39. The molecule has 0 saturated heterocycles. The lowest BCUT2D eigenvalue weighted by Gasteiger charge is -2.18. The summed E-state index contributed by atoms with van der Waals surface area (Å²) in [5, 5.41) is 0. The summed E-state index contributed by atoms with van der Waals surface area (Å²) in [5.41, 5.74) is 0. The van der Waals surface area contributed by atoms with E-state index in [-0.39, 0.29) is 37.5 Å². The van der Waals surface area contributed by atoms with Gasteiger partial charge in [-0.2, -0.15) is 0 Å². The molecule has 6 heteroatoms. The van der Waals surface area contributed by atoms with Gasteiger partial charge in [-0.1, -0.05) is 182 Å². The summed E-state index contributed by atoms with van der Waals surface area (Å²) in [5.74, 6) is -1.04. The van der Waals surface area contributed by atoms with Crippen molar-refractivity contribution >= 4 is 17.9 Å². The van der Waals surface area contributed by atoms with Gasteiger partial charge in [-0.15, -0.1) is 0 Å². The minimum absolute atomic E-state index is 0.122. The molecule has 0 aromatic carbocycles. The van der Waals surface area contributed by atoms with E-state index in [1.54, 1.807) is 0 Å². The molecule has 0 aliphatic rings. The summed E-state index contributed by atoms with van der Waals surface area (Å²) < 4.78 is 16.6. The van der Waals surface area contributed by atoms with Crippen LogP contribution in [-0.4, -0.2) is 37.2 Å². The summed E-state index contributed by atoms with van der Waals surface area (Å²) in [6.07, 6.45) is 60.8. The molecule has 1 unspecified atom stereocenters. The van der Waals surface area contributed by atoms with Crippen LogP contribution in [0.15, 0.2) is 109 Å². The van der Waals surface area contributed by atoms with Crippen molar-refractivity contribution in [3.63, 3.8) is 0 Å². The summed E-state index contributed by atoms with van der Waals surface area (Å²) in [6.45, 7) is 6.24. The van der Waals surface area contributed by atoms with Gasteiger partial charge in [-0.25, -0.2) is 0 Å². The zero-order valence-corrected chi connectivity index (χ0v) is 37.0. The average molecular weight is 803 g/mol. The quantitative estimate of drug-likeness (QED) is 0.0202. The highest BCUT2D eigenvalue weighted by Crippen LogP contribution is 2.11. The van der Waals surface area contributed by atoms with Crippen molar-refractivity contribution in [1.29, 1.82) is 0 Å². The van der Waals surface area contributed by atoms with Gasteiger partial charge in [-0.05, 0) is 89.9 Å². The normalized spacial score (nSPS) is 13.1. The molecule has 0 radical (unpaired) electrons. The van der Waals surface area contributed by atoms with Gasteiger partial charge in [0.15, 0.2) is 6.10 Å². The molecule has 0 aromatic heterocycles. The molecule has 0 heterocycles. The Labute approximate surface area is 355 Å². The molecule has 0 N–H and O–H groups in total. The number of unbranched alkanes of at least 4 members (excludes halogenated alkanes) is 15. The highest BCUT2D eigenvalue weighted by molar-refractivity contribution is 5.71. The first-order valence-corrected chi connectivity index (χ1v) is 23.0. The molecule has 0 rings (SSSR count). The van der Waals surface area contributed by atoms with Gasteiger partial charge < -0.3 is 14.2 Å². The monoisotopic (exact) mass is 803 g/mol. The Morgan fingerprint density at radius 3 is 1.29 bits per heavy atom. The number of hydrogen-bond donors (Lipinski definition) is 0. The Hall–Kier alpha value is -3.93. The average Bonchev–Trinajstić information content (AvgIpc) is 3.22. The first kappa shape index (κ1) is 54.1. The van der Waals surface area contributed by atoms with E-state index in [0.29, 0.717) is 19.3 Å². The van der Waals surface area contributed by atoms with Crippen LogP contribution in [-0.2, 0) is 28.6 Å². The fourth-order valence-corrected chi connectivity index (χ4v) is 5.72. The van der Waals surface area contributed by atoms with Crippen LogP contribution in [0.4, 0.5) is 0 Å². The summed E-state index contributed by atoms with van der Waals surface area (Å²) in [4.78, 5) is 37.7. The number of allylic oxidation sites excluding steroid dienone is 18. The predicted molar refractivity (Wildman–Crippen MR) is 247 cm³/mol. The van der Waals surface area contributed by atoms with Gasteiger partial charge >= 0.3 is 17.9 Å². The van der Waals surface area contributed by atoms with Crippen molar-refractivity contribution in [2.75, 3.05) is 13.2 Å². The van der Waals surface area contributed by atoms with Crippen LogP contribution >= 0.6 is 0 Å². The first-order chi connectivity index (χ1) is 28.5. The second-order valence-corrected chi connectivity index (χ2v) is 14.7. The molecular weight excluding hydrogens is 721 g/mol. The van der Waals surface area contributed by atoms with Crippen molar-refractivity contribution in [3.05, 3.63) is 109 Å². The van der Waals surface area contributed by atoms with E-state index in [4.69, 9.17) is 14.2 Å². The lowest BCUT2D eigenvalue weighted by Crippen LogP contribution is -2.30. The fourth-order valence-electron chi connectivity index (χ4n) is 5.72. The zero-order valence-electron chi connectivity index (χ0n) is 37.0. The number of hydrogen-bond acceptors (Lipinski definition) is 6. The zero-order chi connectivity index (χ0) is 42.3. The van der Waals surface area contributed by atoms with Crippen LogP contribution in [0.25, 0.3) is 0 Å². The molecule has 0 aliphatic carbocycles. The molecule has 1 atom stereocenters. The molecule has 0 saturated carbocycles. The number of esters is 3. The summed E-state index contributed by atoms with van der Waals surface area (Å²) in [7, 11) is 0. The van der Waals surface area contributed by atoms with Crippen LogP contribution < -0.4 is 0 Å². The molecule has 0 amide bonds.